The van der Waals surface area contributed by atoms with Crippen molar-refractivity contribution in [2.24, 2.45) is 5.73 Å². The molecule has 0 amide bonds. The van der Waals surface area contributed by atoms with E-state index in [0.29, 0.717) is 11.3 Å². The lowest BCUT2D eigenvalue weighted by Gasteiger charge is -2.18. The SMILES string of the molecule is CCC(CC)c1ccc(C2(CN)CC2)cc1Br. The van der Waals surface area contributed by atoms with Gasteiger partial charge in [0, 0.05) is 16.4 Å². The second-order valence-electron chi connectivity index (χ2n) is 5.23. The van der Waals surface area contributed by atoms with Crippen LogP contribution in [0.1, 0.15) is 56.6 Å². The summed E-state index contributed by atoms with van der Waals surface area (Å²) in [5.74, 6) is 0.673. The quantitative estimate of drug-likeness (QED) is 0.859. The van der Waals surface area contributed by atoms with Crippen LogP contribution in [0.4, 0.5) is 0 Å². The van der Waals surface area contributed by atoms with Gasteiger partial charge in [0.15, 0.2) is 0 Å². The van der Waals surface area contributed by atoms with Crippen molar-refractivity contribution in [3.63, 3.8) is 0 Å². The Morgan fingerprint density at radius 2 is 1.94 bits per heavy atom. The van der Waals surface area contributed by atoms with E-state index in [9.17, 15) is 0 Å². The molecule has 0 atom stereocenters. The minimum Gasteiger partial charge on any atom is -0.330 e. The third kappa shape index (κ3) is 2.43. The van der Waals surface area contributed by atoms with Crippen LogP contribution in [0, 0.1) is 0 Å². The highest BCUT2D eigenvalue weighted by atomic mass is 79.9. The van der Waals surface area contributed by atoms with Crippen molar-refractivity contribution in [3.8, 4) is 0 Å². The molecule has 0 radical (unpaired) electrons. The molecule has 1 aromatic rings. The van der Waals surface area contributed by atoms with E-state index in [2.05, 4.69) is 48.0 Å². The number of hydrogen-bond acceptors (Lipinski definition) is 1. The van der Waals surface area contributed by atoms with Crippen LogP contribution in [0.2, 0.25) is 0 Å². The van der Waals surface area contributed by atoms with E-state index in [1.807, 2.05) is 0 Å². The van der Waals surface area contributed by atoms with Gasteiger partial charge in [-0.1, -0.05) is 41.9 Å². The molecule has 0 aromatic heterocycles. The minimum absolute atomic E-state index is 0.301. The molecule has 94 valence electrons. The molecule has 2 N–H and O–H groups in total. The molecular weight excluding hydrogens is 274 g/mol. The molecule has 17 heavy (non-hydrogen) atoms. The predicted octanol–water partition coefficient (Wildman–Crippen LogP) is 4.34. The highest BCUT2D eigenvalue weighted by molar-refractivity contribution is 9.10. The Morgan fingerprint density at radius 1 is 1.29 bits per heavy atom. The molecule has 0 heterocycles. The first-order valence-electron chi connectivity index (χ1n) is 6.67. The van der Waals surface area contributed by atoms with Crippen LogP contribution in [0.5, 0.6) is 0 Å². The Labute approximate surface area is 113 Å². The molecule has 0 unspecified atom stereocenters. The van der Waals surface area contributed by atoms with Gasteiger partial charge >= 0.3 is 0 Å². The number of nitrogens with two attached hydrogens (primary N) is 1. The zero-order valence-corrected chi connectivity index (χ0v) is 12.4. The highest BCUT2D eigenvalue weighted by Crippen LogP contribution is 2.48. The first-order valence-corrected chi connectivity index (χ1v) is 7.46. The summed E-state index contributed by atoms with van der Waals surface area (Å²) in [5, 5.41) is 0. The van der Waals surface area contributed by atoms with Gasteiger partial charge in [0.05, 0.1) is 0 Å². The Morgan fingerprint density at radius 3 is 2.35 bits per heavy atom. The van der Waals surface area contributed by atoms with Crippen molar-refractivity contribution in [1.82, 2.24) is 0 Å². The van der Waals surface area contributed by atoms with E-state index in [1.165, 1.54) is 41.3 Å². The summed E-state index contributed by atoms with van der Waals surface area (Å²) in [4.78, 5) is 0. The number of hydrogen-bond donors (Lipinski definition) is 1. The summed E-state index contributed by atoms with van der Waals surface area (Å²) in [6.45, 7) is 5.30. The Hall–Kier alpha value is -0.340. The first kappa shape index (κ1) is 13.1. The van der Waals surface area contributed by atoms with Gasteiger partial charge in [-0.25, -0.2) is 0 Å². The van der Waals surface area contributed by atoms with Crippen molar-refractivity contribution in [2.45, 2.75) is 50.9 Å². The van der Waals surface area contributed by atoms with Crippen molar-refractivity contribution in [3.05, 3.63) is 33.8 Å². The van der Waals surface area contributed by atoms with Crippen LogP contribution in [0.25, 0.3) is 0 Å². The van der Waals surface area contributed by atoms with Gasteiger partial charge in [-0.3, -0.25) is 0 Å². The third-order valence-electron chi connectivity index (χ3n) is 4.28. The van der Waals surface area contributed by atoms with E-state index < -0.39 is 0 Å². The molecule has 1 aliphatic carbocycles. The van der Waals surface area contributed by atoms with Crippen molar-refractivity contribution in [1.29, 1.82) is 0 Å². The lowest BCUT2D eigenvalue weighted by Crippen LogP contribution is -2.19. The standard InChI is InChI=1S/C15H22BrN/c1-3-11(4-2)13-6-5-12(9-14(13)16)15(10-17)7-8-15/h5-6,9,11H,3-4,7-8,10,17H2,1-2H3. The zero-order chi connectivity index (χ0) is 12.5. The lowest BCUT2D eigenvalue weighted by molar-refractivity contribution is 0.637. The summed E-state index contributed by atoms with van der Waals surface area (Å²) >= 11 is 3.74. The Balaban J connectivity index is 2.29. The van der Waals surface area contributed by atoms with Gasteiger partial charge in [0.25, 0.3) is 0 Å². The zero-order valence-electron chi connectivity index (χ0n) is 10.8. The summed E-state index contributed by atoms with van der Waals surface area (Å²) < 4.78 is 1.27. The second kappa shape index (κ2) is 5.11. The van der Waals surface area contributed by atoms with E-state index >= 15 is 0 Å². The maximum Gasteiger partial charge on any atom is 0.0213 e. The highest BCUT2D eigenvalue weighted by Gasteiger charge is 2.42. The number of benzene rings is 1. The van der Waals surface area contributed by atoms with E-state index in [4.69, 9.17) is 5.73 Å². The molecule has 1 nitrogen and oxygen atoms in total. The molecule has 2 rings (SSSR count). The molecule has 0 saturated heterocycles. The monoisotopic (exact) mass is 295 g/mol. The molecule has 2 heteroatoms. The molecule has 1 saturated carbocycles. The summed E-state index contributed by atoms with van der Waals surface area (Å²) in [7, 11) is 0. The predicted molar refractivity (Wildman–Crippen MR) is 77.4 cm³/mol. The van der Waals surface area contributed by atoms with Crippen LogP contribution >= 0.6 is 15.9 Å². The summed E-state index contributed by atoms with van der Waals surface area (Å²) in [5.41, 5.74) is 9.06. The molecule has 1 aromatic carbocycles. The van der Waals surface area contributed by atoms with Gasteiger partial charge in [-0.15, -0.1) is 0 Å². The average molecular weight is 296 g/mol. The number of rotatable bonds is 5. The topological polar surface area (TPSA) is 26.0 Å². The molecule has 1 aliphatic rings. The Kier molecular flexibility index (Phi) is 3.94. The summed E-state index contributed by atoms with van der Waals surface area (Å²) in [6, 6.07) is 6.89. The van der Waals surface area contributed by atoms with Crippen LogP contribution in [-0.4, -0.2) is 6.54 Å². The van der Waals surface area contributed by atoms with E-state index in [1.54, 1.807) is 0 Å². The minimum atomic E-state index is 0.301. The maximum absolute atomic E-state index is 5.89. The van der Waals surface area contributed by atoms with Crippen LogP contribution < -0.4 is 5.73 Å². The molecule has 0 bridgehead atoms. The van der Waals surface area contributed by atoms with Gasteiger partial charge < -0.3 is 5.73 Å². The Bertz CT molecular complexity index is 392. The fourth-order valence-corrected chi connectivity index (χ4v) is 3.38. The van der Waals surface area contributed by atoms with Crippen molar-refractivity contribution < 1.29 is 0 Å². The largest absolute Gasteiger partial charge is 0.330 e. The maximum atomic E-state index is 5.89. The van der Waals surface area contributed by atoms with E-state index in [-0.39, 0.29) is 0 Å². The van der Waals surface area contributed by atoms with Gasteiger partial charge in [0.2, 0.25) is 0 Å². The van der Waals surface area contributed by atoms with Gasteiger partial charge in [-0.2, -0.15) is 0 Å². The van der Waals surface area contributed by atoms with E-state index in [0.717, 1.165) is 6.54 Å². The van der Waals surface area contributed by atoms with Crippen LogP contribution in [-0.2, 0) is 5.41 Å². The fraction of sp³-hybridized carbons (Fsp3) is 0.600. The fourth-order valence-electron chi connectivity index (χ4n) is 2.68. The van der Waals surface area contributed by atoms with Crippen LogP contribution in [0.3, 0.4) is 0 Å². The summed E-state index contributed by atoms with van der Waals surface area (Å²) in [6.07, 6.45) is 4.91. The molecule has 1 fully saturated rings. The van der Waals surface area contributed by atoms with Crippen molar-refractivity contribution in [2.75, 3.05) is 6.54 Å². The first-order chi connectivity index (χ1) is 8.16. The van der Waals surface area contributed by atoms with Gasteiger partial charge in [0.1, 0.15) is 0 Å². The number of halogens is 1. The molecule has 0 spiro atoms. The smallest absolute Gasteiger partial charge is 0.0213 e. The second-order valence-corrected chi connectivity index (χ2v) is 6.09. The van der Waals surface area contributed by atoms with Gasteiger partial charge in [-0.05, 0) is 48.8 Å². The molecular formula is C15H22BrN. The normalized spacial score (nSPS) is 17.5. The van der Waals surface area contributed by atoms with Crippen molar-refractivity contribution >= 4 is 15.9 Å². The van der Waals surface area contributed by atoms with Crippen LogP contribution in [0.15, 0.2) is 22.7 Å². The molecule has 0 aliphatic heterocycles. The third-order valence-corrected chi connectivity index (χ3v) is 4.97. The average Bonchev–Trinajstić information content (AvgIpc) is 3.13. The lowest BCUT2D eigenvalue weighted by atomic mass is 9.90.